The summed E-state index contributed by atoms with van der Waals surface area (Å²) >= 11 is 0. The van der Waals surface area contributed by atoms with Crippen molar-refractivity contribution in [3.63, 3.8) is 0 Å². The van der Waals surface area contributed by atoms with E-state index in [0.29, 0.717) is 0 Å². The Morgan fingerprint density at radius 3 is 2.80 bits per heavy atom. The van der Waals surface area contributed by atoms with Crippen LogP contribution in [0.5, 0.6) is 0 Å². The number of carbonyl (C=O) groups is 1. The Morgan fingerprint density at radius 2 is 2.40 bits per heavy atom. The minimum absolute atomic E-state index is 0. The Morgan fingerprint density at radius 1 is 1.70 bits per heavy atom. The van der Waals surface area contributed by atoms with Crippen LogP contribution in [-0.2, 0) is 0 Å². The second-order valence-electron chi connectivity index (χ2n) is 2.22. The van der Waals surface area contributed by atoms with E-state index in [1.165, 1.54) is 0 Å². The molecule has 0 aromatic carbocycles. The fraction of sp³-hybridized carbons (Fsp3) is 0.857. The molecule has 0 aromatic heterocycles. The van der Waals surface area contributed by atoms with Crippen molar-refractivity contribution >= 4 is 6.03 Å². The van der Waals surface area contributed by atoms with E-state index in [9.17, 15) is 4.79 Å². The van der Waals surface area contributed by atoms with Crippen LogP contribution in [-0.4, -0.2) is 30.6 Å². The van der Waals surface area contributed by atoms with Crippen LogP contribution in [0.1, 0.15) is 20.8 Å². The molecule has 0 bridgehead atoms. The normalized spacial score (nSPS) is 16.5. The van der Waals surface area contributed by atoms with Gasteiger partial charge in [-0.15, -0.1) is 0 Å². The molecule has 60 valence electrons. The van der Waals surface area contributed by atoms with Gasteiger partial charge in [0, 0.05) is 19.6 Å². The Labute approximate surface area is 62.4 Å². The Kier molecular flexibility index (Phi) is 3.84. The lowest BCUT2D eigenvalue weighted by molar-refractivity contribution is 0.217. The van der Waals surface area contributed by atoms with Crippen LogP contribution >= 0.6 is 0 Å². The van der Waals surface area contributed by atoms with Gasteiger partial charge in [-0.3, -0.25) is 0 Å². The van der Waals surface area contributed by atoms with Crippen LogP contribution < -0.4 is 5.32 Å². The molecule has 0 spiro atoms. The summed E-state index contributed by atoms with van der Waals surface area (Å²) in [5.41, 5.74) is 0. The molecule has 0 atom stereocenters. The average Bonchev–Trinajstić information content (AvgIpc) is 2.18. The zero-order valence-electron chi connectivity index (χ0n) is 5.68. The first-order valence-electron chi connectivity index (χ1n) is 3.37. The van der Waals surface area contributed by atoms with Crippen LogP contribution in [0.15, 0.2) is 0 Å². The number of amides is 2. The molecule has 1 aliphatic heterocycles. The molecule has 10 heavy (non-hydrogen) atoms. The molecule has 0 unspecified atom stereocenters. The lowest BCUT2D eigenvalue weighted by atomic mass is 10.4. The molecule has 0 saturated carbocycles. The van der Waals surface area contributed by atoms with Gasteiger partial charge >= 0.3 is 6.03 Å². The van der Waals surface area contributed by atoms with Gasteiger partial charge in [-0.05, 0) is 6.42 Å². The molecule has 2 amide bonds. The summed E-state index contributed by atoms with van der Waals surface area (Å²) in [4.78, 5) is 12.6. The smallest absolute Gasteiger partial charge is 0.317 e. The maximum atomic E-state index is 10.8. The molecular formula is C7H16N2O. The van der Waals surface area contributed by atoms with Crippen molar-refractivity contribution in [3.8, 4) is 0 Å². The SMILES string of the molecule is C.CCCN1CCNC1=O. The highest BCUT2D eigenvalue weighted by molar-refractivity contribution is 5.76. The van der Waals surface area contributed by atoms with Crippen LogP contribution in [0.4, 0.5) is 4.79 Å². The van der Waals surface area contributed by atoms with E-state index < -0.39 is 0 Å². The number of nitrogens with zero attached hydrogens (tertiary/aromatic N) is 1. The topological polar surface area (TPSA) is 32.3 Å². The molecule has 3 heteroatoms. The van der Waals surface area contributed by atoms with Crippen molar-refractivity contribution in [2.45, 2.75) is 20.8 Å². The summed E-state index contributed by atoms with van der Waals surface area (Å²) < 4.78 is 0. The molecule has 1 rings (SSSR count). The monoisotopic (exact) mass is 144 g/mol. The summed E-state index contributed by atoms with van der Waals surface area (Å²) in [6.07, 6.45) is 1.05. The van der Waals surface area contributed by atoms with Crippen LogP contribution in [0, 0.1) is 0 Å². The molecule has 0 aliphatic carbocycles. The van der Waals surface area contributed by atoms with Gasteiger partial charge in [0.1, 0.15) is 0 Å². The van der Waals surface area contributed by atoms with Crippen molar-refractivity contribution in [1.82, 2.24) is 10.2 Å². The lowest BCUT2D eigenvalue weighted by Crippen LogP contribution is -2.28. The number of nitrogens with one attached hydrogen (secondary N) is 1. The molecule has 1 fully saturated rings. The number of rotatable bonds is 2. The van der Waals surface area contributed by atoms with E-state index in [-0.39, 0.29) is 13.5 Å². The second kappa shape index (κ2) is 4.14. The first kappa shape index (κ1) is 9.27. The summed E-state index contributed by atoms with van der Waals surface area (Å²) in [7, 11) is 0. The fourth-order valence-electron chi connectivity index (χ4n) is 0.994. The Balaban J connectivity index is 0.000000810. The number of hydrogen-bond acceptors (Lipinski definition) is 1. The second-order valence-corrected chi connectivity index (χ2v) is 2.22. The first-order valence-corrected chi connectivity index (χ1v) is 3.37. The van der Waals surface area contributed by atoms with Crippen molar-refractivity contribution in [2.75, 3.05) is 19.6 Å². The van der Waals surface area contributed by atoms with Gasteiger partial charge in [0.15, 0.2) is 0 Å². The van der Waals surface area contributed by atoms with Gasteiger partial charge in [0.25, 0.3) is 0 Å². The zero-order chi connectivity index (χ0) is 6.69. The number of urea groups is 1. The molecule has 1 saturated heterocycles. The van der Waals surface area contributed by atoms with Gasteiger partial charge in [0.2, 0.25) is 0 Å². The Hall–Kier alpha value is -0.730. The quantitative estimate of drug-likeness (QED) is 0.617. The molecule has 1 N–H and O–H groups in total. The van der Waals surface area contributed by atoms with E-state index in [0.717, 1.165) is 26.1 Å². The van der Waals surface area contributed by atoms with Gasteiger partial charge in [-0.25, -0.2) is 4.79 Å². The summed E-state index contributed by atoms with van der Waals surface area (Å²) in [5, 5.41) is 2.74. The van der Waals surface area contributed by atoms with Crippen molar-refractivity contribution in [1.29, 1.82) is 0 Å². The van der Waals surface area contributed by atoms with E-state index >= 15 is 0 Å². The van der Waals surface area contributed by atoms with Gasteiger partial charge in [0.05, 0.1) is 0 Å². The maximum Gasteiger partial charge on any atom is 0.317 e. The van der Waals surface area contributed by atoms with Crippen LogP contribution in [0.3, 0.4) is 0 Å². The average molecular weight is 144 g/mol. The van der Waals surface area contributed by atoms with Gasteiger partial charge < -0.3 is 10.2 Å². The van der Waals surface area contributed by atoms with Crippen LogP contribution in [0.2, 0.25) is 0 Å². The largest absolute Gasteiger partial charge is 0.336 e. The molecule has 0 radical (unpaired) electrons. The first-order chi connectivity index (χ1) is 4.34. The highest BCUT2D eigenvalue weighted by atomic mass is 16.2. The van der Waals surface area contributed by atoms with E-state index in [2.05, 4.69) is 12.2 Å². The van der Waals surface area contributed by atoms with E-state index in [1.54, 1.807) is 0 Å². The number of carbonyl (C=O) groups excluding carboxylic acids is 1. The van der Waals surface area contributed by atoms with Gasteiger partial charge in [-0.1, -0.05) is 14.4 Å². The third-order valence-electron chi connectivity index (χ3n) is 1.44. The molecule has 3 nitrogen and oxygen atoms in total. The highest BCUT2D eigenvalue weighted by Crippen LogP contribution is 1.96. The van der Waals surface area contributed by atoms with Crippen LogP contribution in [0.25, 0.3) is 0 Å². The van der Waals surface area contributed by atoms with E-state index in [4.69, 9.17) is 0 Å². The predicted molar refractivity (Wildman–Crippen MR) is 42.0 cm³/mol. The highest BCUT2D eigenvalue weighted by Gasteiger charge is 2.16. The molecule has 1 heterocycles. The summed E-state index contributed by atoms with van der Waals surface area (Å²) in [6.45, 7) is 4.67. The molecular weight excluding hydrogens is 128 g/mol. The minimum Gasteiger partial charge on any atom is -0.336 e. The summed E-state index contributed by atoms with van der Waals surface area (Å²) in [5.74, 6) is 0. The van der Waals surface area contributed by atoms with Crippen molar-refractivity contribution in [2.24, 2.45) is 0 Å². The number of hydrogen-bond donors (Lipinski definition) is 1. The van der Waals surface area contributed by atoms with E-state index in [1.807, 2.05) is 4.90 Å². The minimum atomic E-state index is 0. The predicted octanol–water partition coefficient (Wildman–Crippen LogP) is 1.06. The molecule has 1 aliphatic rings. The Bertz CT molecular complexity index is 114. The molecule has 0 aromatic rings. The third kappa shape index (κ3) is 1.90. The lowest BCUT2D eigenvalue weighted by Gasteiger charge is -2.10. The standard InChI is InChI=1S/C6H12N2O.CH4/c1-2-4-8-5-3-7-6(8)9;/h2-5H2,1H3,(H,7,9);1H4. The van der Waals surface area contributed by atoms with Crippen molar-refractivity contribution in [3.05, 3.63) is 0 Å². The van der Waals surface area contributed by atoms with Gasteiger partial charge in [-0.2, -0.15) is 0 Å². The summed E-state index contributed by atoms with van der Waals surface area (Å²) in [6, 6.07) is 0.0943. The zero-order valence-corrected chi connectivity index (χ0v) is 5.68. The maximum absolute atomic E-state index is 10.8. The fourth-order valence-corrected chi connectivity index (χ4v) is 0.994. The third-order valence-corrected chi connectivity index (χ3v) is 1.44. The van der Waals surface area contributed by atoms with Crippen molar-refractivity contribution < 1.29 is 4.79 Å².